The number of carbonyl (C=O) groups is 1. The molecule has 164 valence electrons. The zero-order chi connectivity index (χ0) is 22.3. The fraction of sp³-hybridized carbons (Fsp3) is 0.300. The molecule has 2 aromatic heterocycles. The van der Waals surface area contributed by atoms with Crippen LogP contribution < -0.4 is 10.6 Å². The molecule has 0 aliphatic carbocycles. The van der Waals surface area contributed by atoms with Gasteiger partial charge in [0.05, 0.1) is 10.5 Å². The second-order valence-electron chi connectivity index (χ2n) is 7.09. The predicted molar refractivity (Wildman–Crippen MR) is 116 cm³/mol. The van der Waals surface area contributed by atoms with E-state index >= 15 is 0 Å². The third kappa shape index (κ3) is 4.38. The number of fused-ring (bicyclic) bond motifs is 1. The highest BCUT2D eigenvalue weighted by atomic mass is 79.9. The first-order valence-corrected chi connectivity index (χ1v) is 11.0. The average molecular weight is 562 g/mol. The van der Waals surface area contributed by atoms with Crippen LogP contribution in [-0.4, -0.2) is 21.9 Å². The maximum atomic E-state index is 13.8. The Balaban J connectivity index is 1.66. The van der Waals surface area contributed by atoms with Gasteiger partial charge in [-0.2, -0.15) is 18.3 Å². The lowest BCUT2D eigenvalue weighted by atomic mass is 10.0. The van der Waals surface area contributed by atoms with Crippen LogP contribution in [0.15, 0.2) is 50.0 Å². The summed E-state index contributed by atoms with van der Waals surface area (Å²) in [5.41, 5.74) is 1.49. The first-order chi connectivity index (χ1) is 14.7. The molecule has 0 saturated carbocycles. The van der Waals surface area contributed by atoms with Gasteiger partial charge in [0.1, 0.15) is 11.6 Å². The van der Waals surface area contributed by atoms with Crippen LogP contribution in [0.2, 0.25) is 0 Å². The summed E-state index contributed by atoms with van der Waals surface area (Å²) in [6, 6.07) is 7.78. The quantitative estimate of drug-likeness (QED) is 0.382. The zero-order valence-corrected chi connectivity index (χ0v) is 19.3. The van der Waals surface area contributed by atoms with Crippen LogP contribution in [0.5, 0.6) is 0 Å². The highest BCUT2D eigenvalue weighted by Gasteiger charge is 2.48. The molecule has 31 heavy (non-hydrogen) atoms. The number of hydrogen-bond donors (Lipinski definition) is 2. The topological polar surface area (TPSA) is 72.1 Å². The normalized spacial score (nSPS) is 18.4. The van der Waals surface area contributed by atoms with E-state index in [1.807, 2.05) is 19.1 Å². The smallest absolute Gasteiger partial charge is 0.410 e. The van der Waals surface area contributed by atoms with Crippen molar-refractivity contribution in [2.24, 2.45) is 0 Å². The van der Waals surface area contributed by atoms with Crippen molar-refractivity contribution >= 4 is 49.3 Å². The Labute approximate surface area is 192 Å². The maximum absolute atomic E-state index is 13.8. The van der Waals surface area contributed by atoms with Crippen molar-refractivity contribution in [3.8, 4) is 0 Å². The molecule has 0 bridgehead atoms. The first kappa shape index (κ1) is 21.9. The number of anilines is 2. The summed E-state index contributed by atoms with van der Waals surface area (Å²) in [6.07, 6.45) is -4.04. The van der Waals surface area contributed by atoms with E-state index < -0.39 is 24.2 Å². The van der Waals surface area contributed by atoms with Crippen molar-refractivity contribution in [3.63, 3.8) is 0 Å². The number of hydrogen-bond acceptors (Lipinski definition) is 4. The molecule has 0 fully saturated rings. The number of aryl methyl sites for hydroxylation is 1. The third-order valence-corrected chi connectivity index (χ3v) is 6.25. The number of furan rings is 1. The molecule has 1 amide bonds. The van der Waals surface area contributed by atoms with Gasteiger partial charge in [0.2, 0.25) is 0 Å². The summed E-state index contributed by atoms with van der Waals surface area (Å²) in [7, 11) is 0. The molecule has 1 aliphatic rings. The molecule has 1 aliphatic heterocycles. The van der Waals surface area contributed by atoms with Gasteiger partial charge in [-0.3, -0.25) is 4.79 Å². The largest absolute Gasteiger partial charge is 0.452 e. The molecule has 2 atom stereocenters. The van der Waals surface area contributed by atoms with Crippen LogP contribution in [0, 0.1) is 0 Å². The number of aromatic nitrogens is 2. The van der Waals surface area contributed by atoms with Crippen LogP contribution in [0.1, 0.15) is 47.2 Å². The second-order valence-corrected chi connectivity index (χ2v) is 8.67. The Bertz CT molecular complexity index is 1110. The molecule has 0 spiro atoms. The monoisotopic (exact) mass is 560 g/mol. The lowest BCUT2D eigenvalue weighted by molar-refractivity contribution is -0.174. The van der Waals surface area contributed by atoms with Crippen molar-refractivity contribution < 1.29 is 22.4 Å². The number of rotatable bonds is 4. The summed E-state index contributed by atoms with van der Waals surface area (Å²) >= 11 is 6.43. The Morgan fingerprint density at radius 1 is 1.26 bits per heavy atom. The van der Waals surface area contributed by atoms with Crippen LogP contribution in [0.25, 0.3) is 0 Å². The first-order valence-electron chi connectivity index (χ1n) is 9.44. The summed E-state index contributed by atoms with van der Waals surface area (Å²) in [4.78, 5) is 12.8. The van der Waals surface area contributed by atoms with Crippen molar-refractivity contribution in [2.45, 2.75) is 38.0 Å². The van der Waals surface area contributed by atoms with E-state index in [-0.39, 0.29) is 22.4 Å². The van der Waals surface area contributed by atoms with E-state index in [4.69, 9.17) is 4.42 Å². The minimum Gasteiger partial charge on any atom is -0.452 e. The molecule has 3 heterocycles. The number of nitrogens with zero attached hydrogens (tertiary/aromatic N) is 2. The Kier molecular flexibility index (Phi) is 5.91. The summed E-state index contributed by atoms with van der Waals surface area (Å²) in [5.74, 6) is -0.196. The van der Waals surface area contributed by atoms with Crippen molar-refractivity contribution in [3.05, 3.63) is 62.6 Å². The van der Waals surface area contributed by atoms with E-state index in [1.165, 1.54) is 0 Å². The van der Waals surface area contributed by atoms with Crippen LogP contribution in [0.3, 0.4) is 0 Å². The van der Waals surface area contributed by atoms with Gasteiger partial charge < -0.3 is 15.1 Å². The molecule has 1 aromatic carbocycles. The number of halogens is 5. The summed E-state index contributed by atoms with van der Waals surface area (Å²) in [6.45, 7) is 2.01. The van der Waals surface area contributed by atoms with Gasteiger partial charge in [0, 0.05) is 12.1 Å². The summed E-state index contributed by atoms with van der Waals surface area (Å²) < 4.78 is 48.3. The lowest BCUT2D eigenvalue weighted by Crippen LogP contribution is -2.35. The molecule has 6 nitrogen and oxygen atoms in total. The summed E-state index contributed by atoms with van der Waals surface area (Å²) in [5, 5.41) is 9.69. The van der Waals surface area contributed by atoms with Gasteiger partial charge in [0.25, 0.3) is 5.91 Å². The highest BCUT2D eigenvalue weighted by Crippen LogP contribution is 2.46. The van der Waals surface area contributed by atoms with E-state index in [9.17, 15) is 18.0 Å². The van der Waals surface area contributed by atoms with E-state index in [0.29, 0.717) is 16.1 Å². The number of carbonyl (C=O) groups excluding carboxylic acids is 1. The maximum Gasteiger partial charge on any atom is 0.410 e. The fourth-order valence-electron chi connectivity index (χ4n) is 3.45. The van der Waals surface area contributed by atoms with Crippen molar-refractivity contribution in [1.82, 2.24) is 9.78 Å². The number of alkyl halides is 3. The molecule has 0 unspecified atom stereocenters. The van der Waals surface area contributed by atoms with Crippen LogP contribution in [0.4, 0.5) is 24.7 Å². The molecule has 4 rings (SSSR count). The fourth-order valence-corrected chi connectivity index (χ4v) is 4.33. The van der Waals surface area contributed by atoms with Crippen LogP contribution >= 0.6 is 31.9 Å². The minimum atomic E-state index is -4.56. The van der Waals surface area contributed by atoms with Crippen molar-refractivity contribution in [1.29, 1.82) is 0 Å². The van der Waals surface area contributed by atoms with Gasteiger partial charge in [-0.15, -0.1) is 0 Å². The van der Waals surface area contributed by atoms with E-state index in [2.05, 4.69) is 47.6 Å². The predicted octanol–water partition coefficient (Wildman–Crippen LogP) is 6.48. The number of benzene rings is 1. The zero-order valence-electron chi connectivity index (χ0n) is 16.1. The average Bonchev–Trinajstić information content (AvgIpc) is 3.31. The molecule has 3 aromatic rings. The molecular formula is C20H17Br2F3N4O2. The standard InChI is InChI=1S/C20H17Br2F3N4O2/c1-2-10-3-5-11(6-4-10)26-19(30)17-16(22)18-27-12(13-7-8-15(21)31-13)9-14(20(23,24)25)29(18)28-17/h3-8,12,14,27H,2,9H2,1H3,(H,26,30)/t12-,14-/m0/s1. The van der Waals surface area contributed by atoms with Crippen LogP contribution in [-0.2, 0) is 6.42 Å². The molecule has 0 saturated heterocycles. The Hall–Kier alpha value is -2.27. The number of amides is 1. The molecule has 2 N–H and O–H groups in total. The SMILES string of the molecule is CCc1ccc(NC(=O)c2nn3c(c2Br)N[C@H](c2ccc(Br)o2)C[C@H]3C(F)(F)F)cc1. The second kappa shape index (κ2) is 8.34. The van der Waals surface area contributed by atoms with Crippen molar-refractivity contribution in [2.75, 3.05) is 10.6 Å². The van der Waals surface area contributed by atoms with Gasteiger partial charge in [-0.05, 0) is 68.1 Å². The van der Waals surface area contributed by atoms with Gasteiger partial charge >= 0.3 is 6.18 Å². The van der Waals surface area contributed by atoms with Gasteiger partial charge in [-0.25, -0.2) is 4.68 Å². The Morgan fingerprint density at radius 3 is 2.55 bits per heavy atom. The van der Waals surface area contributed by atoms with E-state index in [1.54, 1.807) is 24.3 Å². The van der Waals surface area contributed by atoms with Gasteiger partial charge in [-0.1, -0.05) is 19.1 Å². The highest BCUT2D eigenvalue weighted by molar-refractivity contribution is 9.10. The third-order valence-electron chi connectivity index (χ3n) is 5.07. The van der Waals surface area contributed by atoms with Gasteiger partial charge in [0.15, 0.2) is 16.4 Å². The lowest BCUT2D eigenvalue weighted by Gasteiger charge is -2.32. The number of nitrogens with one attached hydrogen (secondary N) is 2. The molecular weight excluding hydrogens is 545 g/mol. The molecule has 0 radical (unpaired) electrons. The minimum absolute atomic E-state index is 0.0672. The molecule has 11 heteroatoms. The van der Waals surface area contributed by atoms with E-state index in [0.717, 1.165) is 16.7 Å². The Morgan fingerprint density at radius 2 is 1.97 bits per heavy atom.